The minimum absolute atomic E-state index is 0.0974. The molecule has 6 heteroatoms. The highest BCUT2D eigenvalue weighted by molar-refractivity contribution is 5.84. The number of aliphatic carboxylic acids is 1. The van der Waals surface area contributed by atoms with Crippen molar-refractivity contribution < 1.29 is 14.7 Å². The molecule has 0 unspecified atom stereocenters. The van der Waals surface area contributed by atoms with E-state index in [0.717, 1.165) is 48.6 Å². The maximum absolute atomic E-state index is 12.9. The van der Waals surface area contributed by atoms with Gasteiger partial charge in [0, 0.05) is 24.2 Å². The molecule has 1 aromatic carbocycles. The highest BCUT2D eigenvalue weighted by atomic mass is 16.4. The number of hydrogen-bond donors (Lipinski definition) is 3. The van der Waals surface area contributed by atoms with Crippen LogP contribution in [0.15, 0.2) is 36.5 Å². The van der Waals surface area contributed by atoms with Crippen molar-refractivity contribution in [3.05, 3.63) is 42.1 Å². The molecule has 2 aromatic rings. The standard InChI is InChI=1S/C22H29N3O3/c1-2-3-11-19(21(26)25-18-12-5-10-17(18)22(27)28)24-14-16-8-4-7-15-9-6-13-23-20(15)16/h4,6-9,13,17-19,24H,2-3,5,10-12,14H2,1H3,(H,25,26)(H,27,28)/t17-,18+,19+/m1/s1. The average Bonchev–Trinajstić information content (AvgIpc) is 3.16. The lowest BCUT2D eigenvalue weighted by molar-refractivity contribution is -0.142. The molecule has 1 saturated carbocycles. The van der Waals surface area contributed by atoms with Crippen molar-refractivity contribution in [3.8, 4) is 0 Å². The first kappa shape index (κ1) is 20.3. The topological polar surface area (TPSA) is 91.3 Å². The van der Waals surface area contributed by atoms with Gasteiger partial charge < -0.3 is 15.7 Å². The molecule has 150 valence electrons. The number of fused-ring (bicyclic) bond motifs is 1. The van der Waals surface area contributed by atoms with E-state index in [9.17, 15) is 14.7 Å². The van der Waals surface area contributed by atoms with Crippen molar-refractivity contribution in [2.24, 2.45) is 5.92 Å². The van der Waals surface area contributed by atoms with Crippen LogP contribution in [0, 0.1) is 5.92 Å². The maximum atomic E-state index is 12.9. The molecule has 3 N–H and O–H groups in total. The highest BCUT2D eigenvalue weighted by Crippen LogP contribution is 2.26. The van der Waals surface area contributed by atoms with Crippen LogP contribution in [-0.2, 0) is 16.1 Å². The summed E-state index contributed by atoms with van der Waals surface area (Å²) in [7, 11) is 0. The molecule has 0 radical (unpaired) electrons. The van der Waals surface area contributed by atoms with Gasteiger partial charge in [-0.05, 0) is 30.9 Å². The van der Waals surface area contributed by atoms with Gasteiger partial charge in [-0.2, -0.15) is 0 Å². The summed E-state index contributed by atoms with van der Waals surface area (Å²) in [5, 5.41) is 16.8. The summed E-state index contributed by atoms with van der Waals surface area (Å²) in [6.45, 7) is 2.64. The molecular formula is C22H29N3O3. The van der Waals surface area contributed by atoms with E-state index in [0.29, 0.717) is 13.0 Å². The lowest BCUT2D eigenvalue weighted by atomic mass is 10.0. The first-order valence-electron chi connectivity index (χ1n) is 10.2. The predicted molar refractivity (Wildman–Crippen MR) is 109 cm³/mol. The van der Waals surface area contributed by atoms with Crippen LogP contribution in [0.3, 0.4) is 0 Å². The van der Waals surface area contributed by atoms with E-state index in [-0.39, 0.29) is 18.0 Å². The number of unbranched alkanes of at least 4 members (excludes halogenated alkanes) is 1. The Kier molecular flexibility index (Phi) is 6.98. The van der Waals surface area contributed by atoms with Crippen LogP contribution >= 0.6 is 0 Å². The summed E-state index contributed by atoms with van der Waals surface area (Å²) < 4.78 is 0. The Hall–Kier alpha value is -2.47. The summed E-state index contributed by atoms with van der Waals surface area (Å²) in [4.78, 5) is 28.7. The molecule has 1 aliphatic carbocycles. The van der Waals surface area contributed by atoms with E-state index in [1.165, 1.54) is 0 Å². The molecule has 0 spiro atoms. The summed E-state index contributed by atoms with van der Waals surface area (Å²) in [5.41, 5.74) is 1.99. The molecule has 3 atom stereocenters. The molecular weight excluding hydrogens is 354 g/mol. The van der Waals surface area contributed by atoms with Gasteiger partial charge in [0.2, 0.25) is 5.91 Å². The minimum atomic E-state index is -0.817. The number of amides is 1. The van der Waals surface area contributed by atoms with Crippen molar-refractivity contribution in [2.45, 2.75) is 64.1 Å². The molecule has 1 heterocycles. The summed E-state index contributed by atoms with van der Waals surface area (Å²) in [6, 6.07) is 9.38. The summed E-state index contributed by atoms with van der Waals surface area (Å²) in [5.74, 6) is -1.39. The smallest absolute Gasteiger partial charge is 0.308 e. The van der Waals surface area contributed by atoms with Gasteiger partial charge in [-0.1, -0.05) is 50.5 Å². The van der Waals surface area contributed by atoms with Crippen LogP contribution in [-0.4, -0.2) is 34.1 Å². The number of nitrogens with zero attached hydrogens (tertiary/aromatic N) is 1. The van der Waals surface area contributed by atoms with Crippen LogP contribution in [0.2, 0.25) is 0 Å². The Bertz CT molecular complexity index is 818. The third-order valence-electron chi connectivity index (χ3n) is 5.58. The molecule has 1 aliphatic rings. The van der Waals surface area contributed by atoms with Crippen molar-refractivity contribution in [1.29, 1.82) is 0 Å². The number of nitrogens with one attached hydrogen (secondary N) is 2. The average molecular weight is 383 g/mol. The number of rotatable bonds is 9. The SMILES string of the molecule is CCCC[C@H](NCc1cccc2cccnc12)C(=O)N[C@H]1CCC[C@H]1C(=O)O. The quantitative estimate of drug-likeness (QED) is 0.618. The molecule has 0 saturated heterocycles. The first-order chi connectivity index (χ1) is 13.6. The van der Waals surface area contributed by atoms with Crippen LogP contribution in [0.4, 0.5) is 0 Å². The number of carbonyl (C=O) groups excluding carboxylic acids is 1. The fourth-order valence-electron chi connectivity index (χ4n) is 3.99. The van der Waals surface area contributed by atoms with E-state index in [2.05, 4.69) is 22.5 Å². The highest BCUT2D eigenvalue weighted by Gasteiger charge is 2.35. The number of hydrogen-bond acceptors (Lipinski definition) is 4. The molecule has 6 nitrogen and oxygen atoms in total. The molecule has 28 heavy (non-hydrogen) atoms. The molecule has 3 rings (SSSR count). The maximum Gasteiger partial charge on any atom is 0.308 e. The van der Waals surface area contributed by atoms with Crippen LogP contribution in [0.5, 0.6) is 0 Å². The Morgan fingerprint density at radius 2 is 2.07 bits per heavy atom. The number of benzene rings is 1. The van der Waals surface area contributed by atoms with Crippen LogP contribution in [0.25, 0.3) is 10.9 Å². The Balaban J connectivity index is 1.67. The van der Waals surface area contributed by atoms with E-state index >= 15 is 0 Å². The number of carbonyl (C=O) groups is 2. The van der Waals surface area contributed by atoms with E-state index in [1.54, 1.807) is 6.20 Å². The Morgan fingerprint density at radius 1 is 1.25 bits per heavy atom. The van der Waals surface area contributed by atoms with Gasteiger partial charge in [0.25, 0.3) is 0 Å². The third kappa shape index (κ3) is 4.87. The van der Waals surface area contributed by atoms with Crippen LogP contribution < -0.4 is 10.6 Å². The number of carboxylic acids is 1. The molecule has 1 fully saturated rings. The lowest BCUT2D eigenvalue weighted by Gasteiger charge is -2.23. The Labute approximate surface area is 165 Å². The number of aromatic nitrogens is 1. The number of para-hydroxylation sites is 1. The normalized spacial score (nSPS) is 20.2. The van der Waals surface area contributed by atoms with E-state index in [4.69, 9.17) is 0 Å². The molecule has 1 aromatic heterocycles. The fraction of sp³-hybridized carbons (Fsp3) is 0.500. The lowest BCUT2D eigenvalue weighted by Crippen LogP contribution is -2.49. The second kappa shape index (κ2) is 9.64. The third-order valence-corrected chi connectivity index (χ3v) is 5.58. The van der Waals surface area contributed by atoms with Crippen LogP contribution in [0.1, 0.15) is 51.0 Å². The monoisotopic (exact) mass is 383 g/mol. The number of pyridine rings is 1. The second-order valence-electron chi connectivity index (χ2n) is 7.56. The van der Waals surface area contributed by atoms with Crippen molar-refractivity contribution in [2.75, 3.05) is 0 Å². The largest absolute Gasteiger partial charge is 0.481 e. The first-order valence-corrected chi connectivity index (χ1v) is 10.2. The fourth-order valence-corrected chi connectivity index (χ4v) is 3.99. The van der Waals surface area contributed by atoms with E-state index in [1.807, 2.05) is 30.3 Å². The van der Waals surface area contributed by atoms with Crippen molar-refractivity contribution in [3.63, 3.8) is 0 Å². The van der Waals surface area contributed by atoms with Gasteiger partial charge in [0.1, 0.15) is 0 Å². The van der Waals surface area contributed by atoms with Crippen molar-refractivity contribution >= 4 is 22.8 Å². The van der Waals surface area contributed by atoms with Gasteiger partial charge in [-0.25, -0.2) is 0 Å². The summed E-state index contributed by atoms with van der Waals surface area (Å²) >= 11 is 0. The van der Waals surface area contributed by atoms with E-state index < -0.39 is 11.9 Å². The Morgan fingerprint density at radius 3 is 2.86 bits per heavy atom. The van der Waals surface area contributed by atoms with Gasteiger partial charge in [0.15, 0.2) is 0 Å². The molecule has 0 aliphatic heterocycles. The minimum Gasteiger partial charge on any atom is -0.481 e. The van der Waals surface area contributed by atoms with Gasteiger partial charge in [0.05, 0.1) is 17.5 Å². The number of carboxylic acid groups (broad SMARTS) is 1. The zero-order valence-corrected chi connectivity index (χ0v) is 16.4. The van der Waals surface area contributed by atoms with Crippen molar-refractivity contribution in [1.82, 2.24) is 15.6 Å². The zero-order chi connectivity index (χ0) is 19.9. The molecule has 1 amide bonds. The zero-order valence-electron chi connectivity index (χ0n) is 16.4. The van der Waals surface area contributed by atoms with Gasteiger partial charge >= 0.3 is 5.97 Å². The molecule has 0 bridgehead atoms. The predicted octanol–water partition coefficient (Wildman–Crippen LogP) is 3.25. The van der Waals surface area contributed by atoms with Gasteiger partial charge in [-0.15, -0.1) is 0 Å². The van der Waals surface area contributed by atoms with Gasteiger partial charge in [-0.3, -0.25) is 14.6 Å². The second-order valence-corrected chi connectivity index (χ2v) is 7.56. The summed E-state index contributed by atoms with van der Waals surface area (Å²) in [6.07, 6.45) is 6.65.